The van der Waals surface area contributed by atoms with Crippen molar-refractivity contribution in [2.24, 2.45) is 11.1 Å². The molecule has 18 heavy (non-hydrogen) atoms. The van der Waals surface area contributed by atoms with E-state index in [1.807, 2.05) is 35.4 Å². The van der Waals surface area contributed by atoms with Gasteiger partial charge in [-0.05, 0) is 48.9 Å². The van der Waals surface area contributed by atoms with E-state index in [9.17, 15) is 4.79 Å². The molecule has 1 fully saturated rings. The van der Waals surface area contributed by atoms with Crippen LogP contribution in [0.25, 0.3) is 0 Å². The number of carbonyl (C=O) groups is 1. The van der Waals surface area contributed by atoms with Crippen molar-refractivity contribution < 1.29 is 4.79 Å². The highest BCUT2D eigenvalue weighted by Crippen LogP contribution is 2.29. The SMILES string of the molecule is CSc1ccc(C(=O)N2CCC(C)(CN)C2)cc1. The van der Waals surface area contributed by atoms with Gasteiger partial charge in [0.25, 0.3) is 5.91 Å². The van der Waals surface area contributed by atoms with E-state index in [0.29, 0.717) is 6.54 Å². The lowest BCUT2D eigenvalue weighted by atomic mass is 9.90. The van der Waals surface area contributed by atoms with Crippen LogP contribution in [0.1, 0.15) is 23.7 Å². The van der Waals surface area contributed by atoms with Crippen LogP contribution in [0.3, 0.4) is 0 Å². The standard InChI is InChI=1S/C14H20N2OS/c1-14(9-15)7-8-16(10-14)13(17)11-3-5-12(18-2)6-4-11/h3-6H,7-10,15H2,1-2H3. The van der Waals surface area contributed by atoms with Crippen LogP contribution in [-0.4, -0.2) is 36.7 Å². The van der Waals surface area contributed by atoms with E-state index < -0.39 is 0 Å². The first kappa shape index (κ1) is 13.4. The zero-order chi connectivity index (χ0) is 13.2. The van der Waals surface area contributed by atoms with Crippen LogP contribution >= 0.6 is 11.8 Å². The maximum absolute atomic E-state index is 12.3. The summed E-state index contributed by atoms with van der Waals surface area (Å²) < 4.78 is 0. The van der Waals surface area contributed by atoms with E-state index in [1.165, 1.54) is 4.90 Å². The number of benzene rings is 1. The zero-order valence-corrected chi connectivity index (χ0v) is 11.8. The highest BCUT2D eigenvalue weighted by Gasteiger charge is 2.35. The van der Waals surface area contributed by atoms with Crippen molar-refractivity contribution in [3.05, 3.63) is 29.8 Å². The van der Waals surface area contributed by atoms with Crippen molar-refractivity contribution >= 4 is 17.7 Å². The third-order valence-corrected chi connectivity index (χ3v) is 4.42. The monoisotopic (exact) mass is 264 g/mol. The lowest BCUT2D eigenvalue weighted by molar-refractivity contribution is 0.0777. The zero-order valence-electron chi connectivity index (χ0n) is 11.0. The number of nitrogens with two attached hydrogens (primary N) is 1. The Morgan fingerprint density at radius 2 is 2.11 bits per heavy atom. The lowest BCUT2D eigenvalue weighted by Gasteiger charge is -2.22. The molecule has 1 unspecified atom stereocenters. The topological polar surface area (TPSA) is 46.3 Å². The molecule has 0 radical (unpaired) electrons. The fourth-order valence-electron chi connectivity index (χ4n) is 2.28. The molecule has 1 amide bonds. The first-order valence-electron chi connectivity index (χ1n) is 6.21. The largest absolute Gasteiger partial charge is 0.338 e. The summed E-state index contributed by atoms with van der Waals surface area (Å²) in [5.41, 5.74) is 6.63. The third-order valence-electron chi connectivity index (χ3n) is 3.67. The molecule has 1 aliphatic rings. The van der Waals surface area contributed by atoms with E-state index in [0.717, 1.165) is 25.1 Å². The molecule has 0 aliphatic carbocycles. The van der Waals surface area contributed by atoms with Crippen molar-refractivity contribution in [2.75, 3.05) is 25.9 Å². The van der Waals surface area contributed by atoms with Gasteiger partial charge in [-0.15, -0.1) is 11.8 Å². The molecule has 1 saturated heterocycles. The van der Waals surface area contributed by atoms with Crippen LogP contribution < -0.4 is 5.73 Å². The Bertz CT molecular complexity index is 432. The average molecular weight is 264 g/mol. The first-order chi connectivity index (χ1) is 8.58. The van der Waals surface area contributed by atoms with Gasteiger partial charge in [-0.25, -0.2) is 0 Å². The van der Waals surface area contributed by atoms with Crippen molar-refractivity contribution in [3.63, 3.8) is 0 Å². The smallest absolute Gasteiger partial charge is 0.253 e. The summed E-state index contributed by atoms with van der Waals surface area (Å²) in [6.45, 7) is 4.38. The number of likely N-dealkylation sites (tertiary alicyclic amines) is 1. The van der Waals surface area contributed by atoms with Crippen LogP contribution in [0.5, 0.6) is 0 Å². The van der Waals surface area contributed by atoms with E-state index >= 15 is 0 Å². The average Bonchev–Trinajstić information content (AvgIpc) is 2.81. The molecule has 1 aromatic carbocycles. The minimum atomic E-state index is 0.0921. The summed E-state index contributed by atoms with van der Waals surface area (Å²) in [6, 6.07) is 7.81. The molecule has 1 aromatic rings. The molecule has 0 aromatic heterocycles. The highest BCUT2D eigenvalue weighted by molar-refractivity contribution is 7.98. The summed E-state index contributed by atoms with van der Waals surface area (Å²) in [6.07, 6.45) is 3.03. The Hall–Kier alpha value is -1.00. The summed E-state index contributed by atoms with van der Waals surface area (Å²) >= 11 is 1.68. The van der Waals surface area contributed by atoms with Gasteiger partial charge < -0.3 is 10.6 Å². The molecule has 0 bridgehead atoms. The van der Waals surface area contributed by atoms with Gasteiger partial charge in [0, 0.05) is 23.5 Å². The fraction of sp³-hybridized carbons (Fsp3) is 0.500. The van der Waals surface area contributed by atoms with Gasteiger partial charge >= 0.3 is 0 Å². The normalized spacial score (nSPS) is 23.4. The first-order valence-corrected chi connectivity index (χ1v) is 7.44. The second-order valence-corrected chi connectivity index (χ2v) is 6.10. The molecule has 98 valence electrons. The lowest BCUT2D eigenvalue weighted by Crippen LogP contribution is -2.34. The molecular formula is C14H20N2OS. The Morgan fingerprint density at radius 1 is 1.44 bits per heavy atom. The van der Waals surface area contributed by atoms with Crippen LogP contribution in [0, 0.1) is 5.41 Å². The van der Waals surface area contributed by atoms with Crippen molar-refractivity contribution in [2.45, 2.75) is 18.2 Å². The van der Waals surface area contributed by atoms with E-state index in [4.69, 9.17) is 5.73 Å². The molecule has 2 rings (SSSR count). The number of thioether (sulfide) groups is 1. The van der Waals surface area contributed by atoms with Gasteiger partial charge in [-0.1, -0.05) is 6.92 Å². The summed E-state index contributed by atoms with van der Waals surface area (Å²) in [5.74, 6) is 0.125. The van der Waals surface area contributed by atoms with Gasteiger partial charge in [0.05, 0.1) is 0 Å². The Balaban J connectivity index is 2.08. The van der Waals surface area contributed by atoms with Crippen molar-refractivity contribution in [1.82, 2.24) is 4.90 Å². The molecular weight excluding hydrogens is 244 g/mol. The number of carbonyl (C=O) groups excluding carboxylic acids is 1. The quantitative estimate of drug-likeness (QED) is 0.852. The van der Waals surface area contributed by atoms with Crippen LogP contribution in [0.15, 0.2) is 29.2 Å². The van der Waals surface area contributed by atoms with Crippen LogP contribution in [-0.2, 0) is 0 Å². The second-order valence-electron chi connectivity index (χ2n) is 5.22. The van der Waals surface area contributed by atoms with E-state index in [1.54, 1.807) is 11.8 Å². The van der Waals surface area contributed by atoms with Crippen molar-refractivity contribution in [1.29, 1.82) is 0 Å². The fourth-order valence-corrected chi connectivity index (χ4v) is 2.69. The molecule has 1 atom stereocenters. The molecule has 2 N–H and O–H groups in total. The molecule has 0 spiro atoms. The second kappa shape index (κ2) is 5.33. The molecule has 1 aliphatic heterocycles. The Kier molecular flexibility index (Phi) is 3.97. The molecule has 0 saturated carbocycles. The molecule has 3 nitrogen and oxygen atoms in total. The maximum atomic E-state index is 12.3. The minimum absolute atomic E-state index is 0.0921. The van der Waals surface area contributed by atoms with Gasteiger partial charge in [0.1, 0.15) is 0 Å². The molecule has 4 heteroatoms. The summed E-state index contributed by atoms with van der Waals surface area (Å²) in [7, 11) is 0. The number of rotatable bonds is 3. The maximum Gasteiger partial charge on any atom is 0.253 e. The van der Waals surface area contributed by atoms with Gasteiger partial charge in [-0.3, -0.25) is 4.79 Å². The predicted molar refractivity (Wildman–Crippen MR) is 75.9 cm³/mol. The molecule has 1 heterocycles. The third kappa shape index (κ3) is 2.70. The number of amides is 1. The van der Waals surface area contributed by atoms with E-state index in [2.05, 4.69) is 6.92 Å². The van der Waals surface area contributed by atoms with Gasteiger partial charge in [0.2, 0.25) is 0 Å². The highest BCUT2D eigenvalue weighted by atomic mass is 32.2. The van der Waals surface area contributed by atoms with E-state index in [-0.39, 0.29) is 11.3 Å². The van der Waals surface area contributed by atoms with Crippen molar-refractivity contribution in [3.8, 4) is 0 Å². The number of nitrogens with zero attached hydrogens (tertiary/aromatic N) is 1. The van der Waals surface area contributed by atoms with Gasteiger partial charge in [-0.2, -0.15) is 0 Å². The van der Waals surface area contributed by atoms with Crippen LogP contribution in [0.4, 0.5) is 0 Å². The Morgan fingerprint density at radius 3 is 2.61 bits per heavy atom. The number of hydrogen-bond acceptors (Lipinski definition) is 3. The minimum Gasteiger partial charge on any atom is -0.338 e. The predicted octanol–water partition coefficient (Wildman–Crippen LogP) is 2.22. The Labute approximate surface area is 113 Å². The summed E-state index contributed by atoms with van der Waals surface area (Å²) in [5, 5.41) is 0. The number of hydrogen-bond donors (Lipinski definition) is 1. The van der Waals surface area contributed by atoms with Crippen LogP contribution in [0.2, 0.25) is 0 Å². The van der Waals surface area contributed by atoms with Gasteiger partial charge in [0.15, 0.2) is 0 Å². The summed E-state index contributed by atoms with van der Waals surface area (Å²) in [4.78, 5) is 15.4.